The van der Waals surface area contributed by atoms with Gasteiger partial charge in [-0.1, -0.05) is 30.3 Å². The number of rotatable bonds is 6. The maximum absolute atomic E-state index is 12.7. The van der Waals surface area contributed by atoms with Crippen molar-refractivity contribution in [3.63, 3.8) is 0 Å². The number of hydrogen-bond acceptors (Lipinski definition) is 3. The van der Waals surface area contributed by atoms with Crippen molar-refractivity contribution < 1.29 is 13.8 Å². The number of carbonyl (C=O) groups excluding carboxylic acids is 2. The summed E-state index contributed by atoms with van der Waals surface area (Å²) >= 11 is 0. The van der Waals surface area contributed by atoms with E-state index < -0.39 is 15.7 Å². The second kappa shape index (κ2) is 7.74. The molecule has 2 saturated heterocycles. The fraction of sp³-hybridized carbons (Fsp3) is 0.619. The molecular formula is C21H28N2O3S. The lowest BCUT2D eigenvalue weighted by Gasteiger charge is -2.43. The molecule has 1 aromatic rings. The summed E-state index contributed by atoms with van der Waals surface area (Å²) in [5.74, 6) is 0.989. The zero-order valence-corrected chi connectivity index (χ0v) is 16.6. The van der Waals surface area contributed by atoms with Gasteiger partial charge in [-0.2, -0.15) is 0 Å². The van der Waals surface area contributed by atoms with Gasteiger partial charge in [0.1, 0.15) is 10.6 Å². The van der Waals surface area contributed by atoms with Crippen LogP contribution in [0.3, 0.4) is 0 Å². The van der Waals surface area contributed by atoms with Crippen LogP contribution < -0.4 is 0 Å². The van der Waals surface area contributed by atoms with Crippen molar-refractivity contribution >= 4 is 22.6 Å². The third kappa shape index (κ3) is 3.96. The van der Waals surface area contributed by atoms with Crippen LogP contribution in [0, 0.1) is 5.92 Å². The third-order valence-electron chi connectivity index (χ3n) is 6.21. The molecule has 1 atom stereocenters. The lowest BCUT2D eigenvalue weighted by atomic mass is 10.0. The molecule has 1 saturated carbocycles. The van der Waals surface area contributed by atoms with Gasteiger partial charge in [-0.15, -0.1) is 0 Å². The molecular weight excluding hydrogens is 360 g/mol. The molecule has 27 heavy (non-hydrogen) atoms. The average molecular weight is 389 g/mol. The Bertz CT molecular complexity index is 724. The van der Waals surface area contributed by atoms with Crippen LogP contribution in [0.15, 0.2) is 30.3 Å². The zero-order chi connectivity index (χ0) is 18.9. The molecule has 6 heteroatoms. The van der Waals surface area contributed by atoms with E-state index in [2.05, 4.69) is 12.1 Å². The van der Waals surface area contributed by atoms with Crippen molar-refractivity contribution in [3.05, 3.63) is 35.9 Å². The van der Waals surface area contributed by atoms with Crippen LogP contribution in [0.25, 0.3) is 0 Å². The van der Waals surface area contributed by atoms with E-state index in [0.29, 0.717) is 38.3 Å². The Labute approximate surface area is 163 Å². The number of hydrogen-bond donors (Lipinski definition) is 0. The highest BCUT2D eigenvalue weighted by Crippen LogP contribution is 2.41. The summed E-state index contributed by atoms with van der Waals surface area (Å²) in [6.07, 6.45) is 5.98. The van der Waals surface area contributed by atoms with Crippen LogP contribution >= 0.6 is 0 Å². The minimum Gasteiger partial charge on any atom is -0.342 e. The smallest absolute Gasteiger partial charge is 0.236 e. The Morgan fingerprint density at radius 1 is 1.15 bits per heavy atom. The van der Waals surface area contributed by atoms with E-state index in [4.69, 9.17) is 0 Å². The largest absolute Gasteiger partial charge is 0.342 e. The van der Waals surface area contributed by atoms with E-state index in [1.807, 2.05) is 28.0 Å². The van der Waals surface area contributed by atoms with Crippen LogP contribution in [0.2, 0.25) is 0 Å². The van der Waals surface area contributed by atoms with Crippen molar-refractivity contribution in [2.24, 2.45) is 5.92 Å². The van der Waals surface area contributed by atoms with E-state index in [9.17, 15) is 13.8 Å². The molecule has 1 aliphatic carbocycles. The van der Waals surface area contributed by atoms with Crippen molar-refractivity contribution in [1.29, 1.82) is 0 Å². The predicted molar refractivity (Wildman–Crippen MR) is 105 cm³/mol. The van der Waals surface area contributed by atoms with Crippen LogP contribution in [0.4, 0.5) is 0 Å². The second-order valence-corrected chi connectivity index (χ2v) is 9.84. The summed E-state index contributed by atoms with van der Waals surface area (Å²) in [5.41, 5.74) is 1.26. The van der Waals surface area contributed by atoms with Crippen LogP contribution in [-0.2, 0) is 26.8 Å². The van der Waals surface area contributed by atoms with Gasteiger partial charge in [-0.3, -0.25) is 13.8 Å². The highest BCUT2D eigenvalue weighted by Gasteiger charge is 2.53. The molecule has 2 heterocycles. The van der Waals surface area contributed by atoms with Crippen molar-refractivity contribution in [2.75, 3.05) is 25.4 Å². The fourth-order valence-electron chi connectivity index (χ4n) is 4.35. The molecule has 3 aliphatic rings. The molecule has 2 aliphatic heterocycles. The van der Waals surface area contributed by atoms with Crippen molar-refractivity contribution in [3.8, 4) is 0 Å². The summed E-state index contributed by atoms with van der Waals surface area (Å²) in [4.78, 5) is 28.3. The quantitative estimate of drug-likeness (QED) is 0.752. The molecule has 0 N–H and O–H groups in total. The van der Waals surface area contributed by atoms with E-state index in [1.54, 1.807) is 0 Å². The van der Waals surface area contributed by atoms with Crippen LogP contribution in [0.1, 0.15) is 44.1 Å². The predicted octanol–water partition coefficient (Wildman–Crippen LogP) is 2.33. The van der Waals surface area contributed by atoms with Gasteiger partial charge in [0.25, 0.3) is 0 Å². The normalized spacial score (nSPS) is 24.6. The second-order valence-electron chi connectivity index (χ2n) is 8.10. The Morgan fingerprint density at radius 2 is 1.85 bits per heavy atom. The molecule has 146 valence electrons. The van der Waals surface area contributed by atoms with Crippen LogP contribution in [0.5, 0.6) is 0 Å². The molecule has 4 rings (SSSR count). The summed E-state index contributed by atoms with van der Waals surface area (Å²) < 4.78 is 12.7. The Balaban J connectivity index is 1.30. The van der Waals surface area contributed by atoms with Gasteiger partial charge < -0.3 is 9.80 Å². The first kappa shape index (κ1) is 18.7. The average Bonchev–Trinajstić information content (AvgIpc) is 3.47. The number of amides is 2. The number of benzene rings is 1. The van der Waals surface area contributed by atoms with E-state index in [0.717, 1.165) is 19.4 Å². The molecule has 1 aromatic carbocycles. The lowest BCUT2D eigenvalue weighted by molar-refractivity contribution is -0.135. The first-order chi connectivity index (χ1) is 13.1. The summed E-state index contributed by atoms with van der Waals surface area (Å²) in [6.45, 7) is 1.99. The standard InChI is InChI=1S/C21H28N2O3S/c24-19(8-4-7-17-5-2-1-3-6-17)22-13-11-21(12-14-22)23(15-18-9-10-18)20(25)16-27(21)26/h1-3,5-6,18H,4,7-16H2. The van der Waals surface area contributed by atoms with Gasteiger partial charge in [-0.25, -0.2) is 0 Å². The van der Waals surface area contributed by atoms with Crippen LogP contribution in [-0.4, -0.2) is 56.1 Å². The SMILES string of the molecule is O=C(CCCc1ccccc1)N1CCC2(CC1)N(CC1CC1)C(=O)CS2=O. The number of nitrogens with zero attached hydrogens (tertiary/aromatic N) is 2. The number of piperidine rings is 1. The highest BCUT2D eigenvalue weighted by atomic mass is 32.2. The monoisotopic (exact) mass is 388 g/mol. The minimum absolute atomic E-state index is 0.0443. The molecule has 1 spiro atoms. The number of aryl methyl sites for hydroxylation is 1. The molecule has 0 radical (unpaired) electrons. The molecule has 2 amide bonds. The fourth-order valence-corrected chi connectivity index (χ4v) is 6.06. The Kier molecular flexibility index (Phi) is 5.35. The van der Waals surface area contributed by atoms with E-state index >= 15 is 0 Å². The zero-order valence-electron chi connectivity index (χ0n) is 15.8. The van der Waals surface area contributed by atoms with Gasteiger partial charge in [0.2, 0.25) is 11.8 Å². The van der Waals surface area contributed by atoms with E-state index in [-0.39, 0.29) is 17.6 Å². The highest BCUT2D eigenvalue weighted by molar-refractivity contribution is 7.87. The van der Waals surface area contributed by atoms with E-state index in [1.165, 1.54) is 18.4 Å². The molecule has 0 aromatic heterocycles. The van der Waals surface area contributed by atoms with Gasteiger partial charge in [0.05, 0.1) is 10.8 Å². The summed E-state index contributed by atoms with van der Waals surface area (Å²) in [7, 11) is -1.14. The topological polar surface area (TPSA) is 57.7 Å². The Hall–Kier alpha value is -1.69. The first-order valence-corrected chi connectivity index (χ1v) is 11.4. The first-order valence-electron chi connectivity index (χ1n) is 10.1. The lowest BCUT2D eigenvalue weighted by Crippen LogP contribution is -2.56. The molecule has 5 nitrogen and oxygen atoms in total. The van der Waals surface area contributed by atoms with Crippen molar-refractivity contribution in [2.45, 2.75) is 49.8 Å². The van der Waals surface area contributed by atoms with Crippen molar-refractivity contribution in [1.82, 2.24) is 9.80 Å². The molecule has 1 unspecified atom stereocenters. The molecule has 0 bridgehead atoms. The number of carbonyl (C=O) groups is 2. The molecule has 3 fully saturated rings. The minimum atomic E-state index is -1.14. The summed E-state index contributed by atoms with van der Waals surface area (Å²) in [5, 5.41) is 0. The third-order valence-corrected chi connectivity index (χ3v) is 8.19. The van der Waals surface area contributed by atoms with Gasteiger partial charge in [0, 0.05) is 38.9 Å². The van der Waals surface area contributed by atoms with Gasteiger partial charge in [0.15, 0.2) is 0 Å². The summed E-state index contributed by atoms with van der Waals surface area (Å²) in [6, 6.07) is 10.2. The van der Waals surface area contributed by atoms with Gasteiger partial charge in [-0.05, 0) is 37.2 Å². The maximum atomic E-state index is 12.7. The van der Waals surface area contributed by atoms with Gasteiger partial charge >= 0.3 is 0 Å². The number of likely N-dealkylation sites (tertiary alicyclic amines) is 1. The Morgan fingerprint density at radius 3 is 2.52 bits per heavy atom. The maximum Gasteiger partial charge on any atom is 0.236 e.